The molecule has 0 radical (unpaired) electrons. The fourth-order valence-electron chi connectivity index (χ4n) is 3.99. The maximum absolute atomic E-state index is 13.1. The number of nitrogens with one attached hydrogen (secondary N) is 1. The van der Waals surface area contributed by atoms with E-state index in [0.717, 1.165) is 24.1 Å². The Hall–Kier alpha value is -3.52. The van der Waals surface area contributed by atoms with E-state index >= 15 is 0 Å². The molecule has 4 rings (SSSR count). The lowest BCUT2D eigenvalue weighted by Gasteiger charge is -2.23. The fraction of sp³-hybridized carbons (Fsp3) is 0.370. The minimum Gasteiger partial charge on any atom is -0.493 e. The van der Waals surface area contributed by atoms with Crippen molar-refractivity contribution in [2.75, 3.05) is 26.1 Å². The van der Waals surface area contributed by atoms with Gasteiger partial charge in [0.1, 0.15) is 6.54 Å². The second kappa shape index (κ2) is 11.0. The zero-order valence-corrected chi connectivity index (χ0v) is 21.7. The highest BCUT2D eigenvalue weighted by molar-refractivity contribution is 6.30. The van der Waals surface area contributed by atoms with E-state index in [1.807, 2.05) is 44.3 Å². The maximum Gasteiger partial charge on any atom is 0.246 e. The average molecular weight is 511 g/mol. The molecular weight excluding hydrogens is 480 g/mol. The second-order valence-electron chi connectivity index (χ2n) is 9.26. The number of methoxy groups -OCH3 is 2. The third-order valence-corrected chi connectivity index (χ3v) is 6.20. The van der Waals surface area contributed by atoms with Gasteiger partial charge in [0.2, 0.25) is 17.8 Å². The summed E-state index contributed by atoms with van der Waals surface area (Å²) in [6.45, 7) is 3.99. The van der Waals surface area contributed by atoms with Crippen LogP contribution < -0.4 is 14.8 Å². The molecule has 0 atom stereocenters. The van der Waals surface area contributed by atoms with Crippen LogP contribution in [-0.4, -0.2) is 53.1 Å². The first-order valence-electron chi connectivity index (χ1n) is 12.0. The fourth-order valence-corrected chi connectivity index (χ4v) is 4.12. The highest BCUT2D eigenvalue weighted by atomic mass is 35.5. The number of ether oxygens (including phenoxy) is 2. The third-order valence-electron chi connectivity index (χ3n) is 5.95. The molecular formula is C27H31ClN4O4. The summed E-state index contributed by atoms with van der Waals surface area (Å²) in [6.07, 6.45) is 4.11. The van der Waals surface area contributed by atoms with Gasteiger partial charge in [0.15, 0.2) is 11.5 Å². The number of anilines is 1. The number of hydrogen-bond donors (Lipinski definition) is 1. The zero-order chi connectivity index (χ0) is 25.8. The average Bonchev–Trinajstić information content (AvgIpc) is 3.61. The van der Waals surface area contributed by atoms with Gasteiger partial charge in [-0.05, 0) is 43.0 Å². The van der Waals surface area contributed by atoms with Crippen LogP contribution in [0, 0.1) is 5.92 Å². The summed E-state index contributed by atoms with van der Waals surface area (Å²) >= 11 is 6.06. The molecule has 0 unspecified atom stereocenters. The van der Waals surface area contributed by atoms with Crippen LogP contribution in [0.5, 0.6) is 11.5 Å². The molecule has 1 aromatic heterocycles. The Bertz CT molecular complexity index is 1240. The molecule has 0 spiro atoms. The van der Waals surface area contributed by atoms with E-state index in [1.165, 1.54) is 0 Å². The number of carbonyl (C=O) groups is 2. The Kier molecular flexibility index (Phi) is 7.84. The molecule has 1 N–H and O–H groups in total. The van der Waals surface area contributed by atoms with Crippen molar-refractivity contribution in [3.05, 3.63) is 53.7 Å². The first kappa shape index (κ1) is 25.6. The summed E-state index contributed by atoms with van der Waals surface area (Å²) in [5, 5.41) is 3.54. The van der Waals surface area contributed by atoms with Gasteiger partial charge >= 0.3 is 0 Å². The summed E-state index contributed by atoms with van der Waals surface area (Å²) in [7, 11) is 3.14. The van der Waals surface area contributed by atoms with E-state index in [9.17, 15) is 9.59 Å². The topological polar surface area (TPSA) is 85.7 Å². The monoisotopic (exact) mass is 510 g/mol. The number of hydrogen-bond acceptors (Lipinski definition) is 5. The van der Waals surface area contributed by atoms with Crippen molar-refractivity contribution in [1.82, 2.24) is 14.5 Å². The van der Waals surface area contributed by atoms with Crippen LogP contribution in [0.3, 0.4) is 0 Å². The van der Waals surface area contributed by atoms with Gasteiger partial charge in [-0.25, -0.2) is 4.98 Å². The van der Waals surface area contributed by atoms with Gasteiger partial charge in [-0.3, -0.25) is 19.5 Å². The molecule has 36 heavy (non-hydrogen) atoms. The van der Waals surface area contributed by atoms with Crippen molar-refractivity contribution >= 4 is 29.4 Å². The molecule has 3 aromatic rings. The molecule has 1 aliphatic rings. The highest BCUT2D eigenvalue weighted by Crippen LogP contribution is 2.32. The molecule has 190 valence electrons. The van der Waals surface area contributed by atoms with E-state index in [4.69, 9.17) is 26.1 Å². The molecule has 1 aliphatic carbocycles. The molecule has 1 saturated carbocycles. The molecule has 0 aliphatic heterocycles. The predicted octanol–water partition coefficient (Wildman–Crippen LogP) is 5.19. The van der Waals surface area contributed by atoms with Crippen molar-refractivity contribution in [3.63, 3.8) is 0 Å². The molecule has 1 fully saturated rings. The number of aromatic nitrogens is 2. The van der Waals surface area contributed by atoms with Crippen LogP contribution in [0.4, 0.5) is 5.95 Å². The number of halogens is 1. The summed E-state index contributed by atoms with van der Waals surface area (Å²) in [5.74, 6) is 1.42. The first-order chi connectivity index (χ1) is 17.3. The number of nitrogens with zero attached hydrogens (tertiary/aromatic N) is 3. The Morgan fingerprint density at radius 2 is 1.81 bits per heavy atom. The SMILES string of the molecule is COc1ccc(-n2cc(-c3ccc(Cl)cc3)nc2NC(=O)CN(C(=O)CC(C)C)C2CC2)cc1OC. The lowest BCUT2D eigenvalue weighted by Crippen LogP contribution is -2.40. The van der Waals surface area contributed by atoms with Crippen LogP contribution in [0.2, 0.25) is 5.02 Å². The molecule has 1 heterocycles. The number of amides is 2. The van der Waals surface area contributed by atoms with E-state index in [1.54, 1.807) is 41.9 Å². The van der Waals surface area contributed by atoms with Crippen LogP contribution in [0.25, 0.3) is 16.9 Å². The van der Waals surface area contributed by atoms with Gasteiger partial charge in [-0.1, -0.05) is 37.6 Å². The van der Waals surface area contributed by atoms with Crippen molar-refractivity contribution in [2.45, 2.75) is 39.2 Å². The van der Waals surface area contributed by atoms with E-state index in [0.29, 0.717) is 34.6 Å². The van der Waals surface area contributed by atoms with Crippen LogP contribution in [0.1, 0.15) is 33.1 Å². The highest BCUT2D eigenvalue weighted by Gasteiger charge is 2.34. The van der Waals surface area contributed by atoms with Crippen molar-refractivity contribution in [1.29, 1.82) is 0 Å². The first-order valence-corrected chi connectivity index (χ1v) is 12.3. The number of carbonyl (C=O) groups excluding carboxylic acids is 2. The quantitative estimate of drug-likeness (QED) is 0.406. The normalized spacial score (nSPS) is 12.9. The molecule has 0 bridgehead atoms. The smallest absolute Gasteiger partial charge is 0.246 e. The molecule has 8 nitrogen and oxygen atoms in total. The molecule has 2 aromatic carbocycles. The van der Waals surface area contributed by atoms with Crippen LogP contribution in [0.15, 0.2) is 48.7 Å². The molecule has 2 amide bonds. The van der Waals surface area contributed by atoms with Crippen molar-refractivity contribution < 1.29 is 19.1 Å². The lowest BCUT2D eigenvalue weighted by atomic mass is 10.1. The van der Waals surface area contributed by atoms with Gasteiger partial charge < -0.3 is 14.4 Å². The standard InChI is InChI=1S/C27H31ClN4O4/c1-17(2)13-26(34)31(20-9-10-20)16-25(33)30-27-29-22(18-5-7-19(28)8-6-18)15-32(27)21-11-12-23(35-3)24(14-21)36-4/h5-8,11-12,14-15,17,20H,9-10,13,16H2,1-4H3,(H,29,30,33). The number of imidazole rings is 1. The van der Waals surface area contributed by atoms with Crippen molar-refractivity contribution in [2.24, 2.45) is 5.92 Å². The Morgan fingerprint density at radius 3 is 2.42 bits per heavy atom. The van der Waals surface area contributed by atoms with Crippen LogP contribution >= 0.6 is 11.6 Å². The minimum absolute atomic E-state index is 0.00716. The lowest BCUT2D eigenvalue weighted by molar-refractivity contribution is -0.135. The van der Waals surface area contributed by atoms with E-state index < -0.39 is 0 Å². The maximum atomic E-state index is 13.1. The van der Waals surface area contributed by atoms with E-state index in [-0.39, 0.29) is 30.3 Å². The van der Waals surface area contributed by atoms with Gasteiger partial charge in [0, 0.05) is 35.3 Å². The summed E-state index contributed by atoms with van der Waals surface area (Å²) in [5.41, 5.74) is 2.23. The van der Waals surface area contributed by atoms with Crippen LogP contribution in [-0.2, 0) is 9.59 Å². The summed E-state index contributed by atoms with van der Waals surface area (Å²) in [6, 6.07) is 12.9. The van der Waals surface area contributed by atoms with Gasteiger partial charge in [-0.15, -0.1) is 0 Å². The Morgan fingerprint density at radius 1 is 1.11 bits per heavy atom. The van der Waals surface area contributed by atoms with Crippen molar-refractivity contribution in [3.8, 4) is 28.4 Å². The van der Waals surface area contributed by atoms with Gasteiger partial charge in [-0.2, -0.15) is 0 Å². The Labute approximate surface area is 216 Å². The zero-order valence-electron chi connectivity index (χ0n) is 21.0. The van der Waals surface area contributed by atoms with E-state index in [2.05, 4.69) is 5.32 Å². The molecule has 9 heteroatoms. The number of rotatable bonds is 10. The molecule has 0 saturated heterocycles. The Balaban J connectivity index is 1.65. The second-order valence-corrected chi connectivity index (χ2v) is 9.70. The largest absolute Gasteiger partial charge is 0.493 e. The third kappa shape index (κ3) is 5.99. The van der Waals surface area contributed by atoms with Gasteiger partial charge in [0.05, 0.1) is 25.6 Å². The summed E-state index contributed by atoms with van der Waals surface area (Å²) < 4.78 is 12.6. The number of benzene rings is 2. The minimum atomic E-state index is -0.297. The van der Waals surface area contributed by atoms with Gasteiger partial charge in [0.25, 0.3) is 0 Å². The summed E-state index contributed by atoms with van der Waals surface area (Å²) in [4.78, 5) is 32.3. The predicted molar refractivity (Wildman–Crippen MR) is 140 cm³/mol.